The largest absolute Gasteiger partial charge is 0.477 e. The number of carboxylic acids is 1. The van der Waals surface area contributed by atoms with Crippen LogP contribution in [0.2, 0.25) is 0 Å². The number of fused-ring (bicyclic) bond motifs is 1. The minimum Gasteiger partial charge on any atom is -0.477 e. The first-order valence-corrected chi connectivity index (χ1v) is 4.89. The summed E-state index contributed by atoms with van der Waals surface area (Å²) in [6.45, 7) is 1.31. The van der Waals surface area contributed by atoms with E-state index >= 15 is 0 Å². The maximum Gasteiger partial charge on any atom is 0.341 e. The second-order valence-electron chi connectivity index (χ2n) is 3.61. The zero-order valence-electron chi connectivity index (χ0n) is 9.04. The van der Waals surface area contributed by atoms with Gasteiger partial charge in [0.1, 0.15) is 17.9 Å². The van der Waals surface area contributed by atoms with E-state index in [9.17, 15) is 9.59 Å². The van der Waals surface area contributed by atoms with Gasteiger partial charge >= 0.3 is 5.97 Å². The third-order valence-electron chi connectivity index (χ3n) is 2.44. The van der Waals surface area contributed by atoms with Gasteiger partial charge in [0.15, 0.2) is 0 Å². The Kier molecular flexibility index (Phi) is 2.64. The lowest BCUT2D eigenvalue weighted by Crippen LogP contribution is -2.19. The lowest BCUT2D eigenvalue weighted by molar-refractivity contribution is 0.0694. The van der Waals surface area contributed by atoms with Crippen LogP contribution in [0.3, 0.4) is 0 Å². The van der Waals surface area contributed by atoms with Gasteiger partial charge in [0.25, 0.3) is 0 Å². The van der Waals surface area contributed by atoms with Crippen molar-refractivity contribution in [3.05, 3.63) is 39.8 Å². The predicted molar refractivity (Wildman–Crippen MR) is 59.9 cm³/mol. The Balaban J connectivity index is 2.95. The number of rotatable bonds is 2. The Morgan fingerprint density at radius 1 is 1.47 bits per heavy atom. The smallest absolute Gasteiger partial charge is 0.341 e. The molecule has 0 aliphatic rings. The minimum absolute atomic E-state index is 0.185. The third kappa shape index (κ3) is 1.78. The normalized spacial score (nSPS) is 10.7. The molecule has 0 saturated carbocycles. The molecule has 0 atom stereocenters. The number of hydrogen-bond donors (Lipinski definition) is 2. The maximum absolute atomic E-state index is 11.8. The van der Waals surface area contributed by atoms with Crippen molar-refractivity contribution < 1.29 is 15.0 Å². The monoisotopic (exact) mass is 234 g/mol. The van der Waals surface area contributed by atoms with Crippen LogP contribution in [0, 0.1) is 6.92 Å². The van der Waals surface area contributed by atoms with Crippen LogP contribution in [0.4, 0.5) is 0 Å². The van der Waals surface area contributed by atoms with Crippen LogP contribution in [0.5, 0.6) is 0 Å². The molecule has 0 aromatic carbocycles. The average Bonchev–Trinajstić information content (AvgIpc) is 2.29. The van der Waals surface area contributed by atoms with E-state index in [2.05, 4.69) is 4.98 Å². The molecule has 2 aromatic heterocycles. The fourth-order valence-electron chi connectivity index (χ4n) is 1.62. The van der Waals surface area contributed by atoms with E-state index in [0.29, 0.717) is 5.69 Å². The van der Waals surface area contributed by atoms with Gasteiger partial charge in [0, 0.05) is 11.9 Å². The van der Waals surface area contributed by atoms with E-state index in [0.717, 1.165) is 6.20 Å². The molecule has 17 heavy (non-hydrogen) atoms. The Hall–Kier alpha value is -2.21. The molecule has 2 rings (SSSR count). The fraction of sp³-hybridized carbons (Fsp3) is 0.182. The van der Waals surface area contributed by atoms with E-state index in [1.54, 1.807) is 13.0 Å². The molecule has 0 aliphatic carbocycles. The van der Waals surface area contributed by atoms with Crippen LogP contribution in [0.1, 0.15) is 16.1 Å². The van der Waals surface area contributed by atoms with Crippen molar-refractivity contribution in [3.8, 4) is 0 Å². The highest BCUT2D eigenvalue weighted by Gasteiger charge is 2.14. The zero-order chi connectivity index (χ0) is 12.6. The standard InChI is InChI=1S/C11H10N2O4/c1-6-2-3-7-9(15)8(11(16)17)4-13(5-14)10(7)12-6/h2-4,14H,5H2,1H3,(H,16,17). The minimum atomic E-state index is -1.32. The van der Waals surface area contributed by atoms with Crippen LogP contribution in [-0.2, 0) is 6.73 Å². The number of nitrogens with zero attached hydrogens (tertiary/aromatic N) is 2. The lowest BCUT2D eigenvalue weighted by atomic mass is 10.2. The summed E-state index contributed by atoms with van der Waals surface area (Å²) in [5, 5.41) is 18.2. The van der Waals surface area contributed by atoms with Crippen molar-refractivity contribution >= 4 is 17.0 Å². The Morgan fingerprint density at radius 3 is 2.76 bits per heavy atom. The Morgan fingerprint density at radius 2 is 2.18 bits per heavy atom. The van der Waals surface area contributed by atoms with E-state index in [1.807, 2.05) is 0 Å². The Labute approximate surface area is 95.8 Å². The van der Waals surface area contributed by atoms with Gasteiger partial charge in [-0.1, -0.05) is 0 Å². The average molecular weight is 234 g/mol. The van der Waals surface area contributed by atoms with E-state index in [-0.39, 0.29) is 16.6 Å². The number of aromatic carboxylic acids is 1. The molecule has 2 heterocycles. The van der Waals surface area contributed by atoms with Crippen molar-refractivity contribution in [3.63, 3.8) is 0 Å². The second-order valence-corrected chi connectivity index (χ2v) is 3.61. The third-order valence-corrected chi connectivity index (χ3v) is 2.44. The SMILES string of the molecule is Cc1ccc2c(=O)c(C(=O)O)cn(CO)c2n1. The lowest BCUT2D eigenvalue weighted by Gasteiger charge is -2.08. The quantitative estimate of drug-likeness (QED) is 0.782. The van der Waals surface area contributed by atoms with Gasteiger partial charge < -0.3 is 14.8 Å². The molecular weight excluding hydrogens is 224 g/mol. The van der Waals surface area contributed by atoms with Crippen molar-refractivity contribution in [1.82, 2.24) is 9.55 Å². The molecule has 0 spiro atoms. The number of pyridine rings is 2. The molecule has 0 fully saturated rings. The summed E-state index contributed by atoms with van der Waals surface area (Å²) in [6, 6.07) is 3.13. The molecule has 0 amide bonds. The molecule has 6 nitrogen and oxygen atoms in total. The number of carbonyl (C=O) groups is 1. The van der Waals surface area contributed by atoms with E-state index in [4.69, 9.17) is 10.2 Å². The van der Waals surface area contributed by atoms with Gasteiger partial charge in [-0.25, -0.2) is 9.78 Å². The summed E-state index contributed by atoms with van der Waals surface area (Å²) in [7, 11) is 0. The molecule has 0 unspecified atom stereocenters. The topological polar surface area (TPSA) is 92.4 Å². The Bertz CT molecular complexity index is 660. The zero-order valence-corrected chi connectivity index (χ0v) is 9.04. The second kappa shape index (κ2) is 3.99. The summed E-state index contributed by atoms with van der Waals surface area (Å²) in [6.07, 6.45) is 1.10. The first-order valence-electron chi connectivity index (χ1n) is 4.89. The number of aliphatic hydroxyl groups excluding tert-OH is 1. The first kappa shape index (κ1) is 11.3. The van der Waals surface area contributed by atoms with E-state index in [1.165, 1.54) is 10.6 Å². The summed E-state index contributed by atoms with van der Waals surface area (Å²) in [5.41, 5.74) is -0.00780. The summed E-state index contributed by atoms with van der Waals surface area (Å²) in [4.78, 5) is 26.8. The van der Waals surface area contributed by atoms with Crippen molar-refractivity contribution in [1.29, 1.82) is 0 Å². The highest BCUT2D eigenvalue weighted by atomic mass is 16.4. The van der Waals surface area contributed by atoms with Crippen LogP contribution in [-0.4, -0.2) is 25.7 Å². The molecule has 0 aliphatic heterocycles. The molecule has 2 aromatic rings. The van der Waals surface area contributed by atoms with Crippen LogP contribution < -0.4 is 5.43 Å². The molecule has 0 radical (unpaired) electrons. The van der Waals surface area contributed by atoms with Gasteiger partial charge in [-0.3, -0.25) is 4.79 Å². The van der Waals surface area contributed by atoms with Gasteiger partial charge in [0.2, 0.25) is 5.43 Å². The van der Waals surface area contributed by atoms with Gasteiger partial charge in [-0.2, -0.15) is 0 Å². The van der Waals surface area contributed by atoms with Crippen molar-refractivity contribution in [2.24, 2.45) is 0 Å². The molecule has 6 heteroatoms. The predicted octanol–water partition coefficient (Wildman–Crippen LogP) is 0.353. The number of aryl methyl sites for hydroxylation is 1. The molecule has 2 N–H and O–H groups in total. The molecule has 0 bridgehead atoms. The van der Waals surface area contributed by atoms with Gasteiger partial charge in [-0.05, 0) is 19.1 Å². The summed E-state index contributed by atoms with van der Waals surface area (Å²) >= 11 is 0. The molecule has 88 valence electrons. The van der Waals surface area contributed by atoms with E-state index < -0.39 is 18.1 Å². The highest BCUT2D eigenvalue weighted by Crippen LogP contribution is 2.10. The highest BCUT2D eigenvalue weighted by molar-refractivity contribution is 5.91. The number of aromatic nitrogens is 2. The molecule has 0 saturated heterocycles. The number of hydrogen-bond acceptors (Lipinski definition) is 4. The van der Waals surface area contributed by atoms with Crippen LogP contribution in [0.15, 0.2) is 23.1 Å². The van der Waals surface area contributed by atoms with Crippen LogP contribution in [0.25, 0.3) is 11.0 Å². The number of aliphatic hydroxyl groups is 1. The maximum atomic E-state index is 11.8. The number of carboxylic acid groups (broad SMARTS) is 1. The fourth-order valence-corrected chi connectivity index (χ4v) is 1.62. The van der Waals surface area contributed by atoms with Gasteiger partial charge in [-0.15, -0.1) is 0 Å². The summed E-state index contributed by atoms with van der Waals surface area (Å²) < 4.78 is 1.23. The summed E-state index contributed by atoms with van der Waals surface area (Å²) in [5.74, 6) is -1.32. The van der Waals surface area contributed by atoms with Crippen molar-refractivity contribution in [2.75, 3.05) is 0 Å². The van der Waals surface area contributed by atoms with Gasteiger partial charge in [0.05, 0.1) is 5.39 Å². The van der Waals surface area contributed by atoms with Crippen molar-refractivity contribution in [2.45, 2.75) is 13.7 Å². The molecular formula is C11H10N2O4. The first-order chi connectivity index (χ1) is 8.04. The van der Waals surface area contributed by atoms with Crippen LogP contribution >= 0.6 is 0 Å².